The van der Waals surface area contributed by atoms with Crippen LogP contribution in [0.2, 0.25) is 0 Å². The summed E-state index contributed by atoms with van der Waals surface area (Å²) < 4.78 is 5.25. The van der Waals surface area contributed by atoms with Crippen LogP contribution < -0.4 is 15.1 Å². The van der Waals surface area contributed by atoms with Crippen LogP contribution in [0, 0.1) is 6.92 Å². The summed E-state index contributed by atoms with van der Waals surface area (Å²) >= 11 is 0. The van der Waals surface area contributed by atoms with Crippen LogP contribution in [0.1, 0.15) is 74.0 Å². The lowest BCUT2D eigenvalue weighted by molar-refractivity contribution is 0.0952. The monoisotopic (exact) mass is 407 g/mol. The highest BCUT2D eigenvalue weighted by atomic mass is 16.5. The molecule has 1 atom stereocenters. The van der Waals surface area contributed by atoms with Gasteiger partial charge >= 0.3 is 0 Å². The van der Waals surface area contributed by atoms with Crippen molar-refractivity contribution in [1.29, 1.82) is 0 Å². The van der Waals surface area contributed by atoms with Crippen LogP contribution in [-0.4, -0.2) is 30.8 Å². The van der Waals surface area contributed by atoms with E-state index in [0.29, 0.717) is 23.3 Å². The molecule has 2 aromatic rings. The molecule has 160 valence electrons. The van der Waals surface area contributed by atoms with Crippen LogP contribution >= 0.6 is 0 Å². The van der Waals surface area contributed by atoms with Gasteiger partial charge in [-0.05, 0) is 87.9 Å². The van der Waals surface area contributed by atoms with Crippen molar-refractivity contribution in [2.75, 3.05) is 12.0 Å². The summed E-state index contributed by atoms with van der Waals surface area (Å²) in [6.45, 7) is 13.5. The number of anilines is 1. The van der Waals surface area contributed by atoms with Gasteiger partial charge in [-0.25, -0.2) is 5.43 Å². The second-order valence-corrected chi connectivity index (χ2v) is 9.05. The molecular weight excluding hydrogens is 374 g/mol. The molecule has 5 nitrogen and oxygen atoms in total. The van der Waals surface area contributed by atoms with Gasteiger partial charge in [0.05, 0.1) is 18.9 Å². The zero-order valence-electron chi connectivity index (χ0n) is 19.1. The van der Waals surface area contributed by atoms with Crippen molar-refractivity contribution in [3.8, 4) is 5.75 Å². The van der Waals surface area contributed by atoms with Crippen LogP contribution in [0.4, 0.5) is 5.69 Å². The van der Waals surface area contributed by atoms with E-state index in [-0.39, 0.29) is 11.4 Å². The summed E-state index contributed by atoms with van der Waals surface area (Å²) in [6.07, 6.45) is 2.83. The third-order valence-corrected chi connectivity index (χ3v) is 5.90. The number of carbonyl (C=O) groups is 1. The van der Waals surface area contributed by atoms with E-state index in [1.807, 2.05) is 6.07 Å². The Hall–Kier alpha value is -2.82. The second kappa shape index (κ2) is 8.50. The number of aryl methyl sites for hydroxylation is 1. The van der Waals surface area contributed by atoms with Crippen molar-refractivity contribution in [3.63, 3.8) is 0 Å². The number of ether oxygens (including phenoxy) is 1. The number of methoxy groups -OCH3 is 1. The van der Waals surface area contributed by atoms with Gasteiger partial charge in [0, 0.05) is 17.3 Å². The van der Waals surface area contributed by atoms with Gasteiger partial charge in [0.15, 0.2) is 0 Å². The van der Waals surface area contributed by atoms with Crippen molar-refractivity contribution in [3.05, 3.63) is 58.7 Å². The molecule has 5 heteroatoms. The first-order chi connectivity index (χ1) is 14.2. The molecule has 0 fully saturated rings. The van der Waals surface area contributed by atoms with E-state index in [9.17, 15) is 4.79 Å². The van der Waals surface area contributed by atoms with E-state index in [0.717, 1.165) is 17.5 Å². The Morgan fingerprint density at radius 3 is 2.67 bits per heavy atom. The average Bonchev–Trinajstić information content (AvgIpc) is 2.67. The van der Waals surface area contributed by atoms with Crippen LogP contribution in [0.3, 0.4) is 0 Å². The number of nitrogens with one attached hydrogen (secondary N) is 1. The number of hydrogen-bond acceptors (Lipinski definition) is 4. The van der Waals surface area contributed by atoms with Crippen molar-refractivity contribution >= 4 is 17.8 Å². The maximum Gasteiger partial charge on any atom is 0.275 e. The molecule has 0 saturated heterocycles. The molecular formula is C25H33N3O2. The molecule has 1 aliphatic rings. The highest BCUT2D eigenvalue weighted by Crippen LogP contribution is 2.45. The number of carbonyl (C=O) groups excluding carboxylic acids is 1. The lowest BCUT2D eigenvalue weighted by Gasteiger charge is -2.50. The van der Waals surface area contributed by atoms with E-state index < -0.39 is 0 Å². The highest BCUT2D eigenvalue weighted by molar-refractivity contribution is 5.97. The van der Waals surface area contributed by atoms with Gasteiger partial charge in [0.1, 0.15) is 5.75 Å². The Labute approximate surface area is 180 Å². The normalized spacial score (nSPS) is 17.9. The number of benzene rings is 2. The fraction of sp³-hybridized carbons (Fsp3) is 0.440. The minimum Gasteiger partial charge on any atom is -0.496 e. The smallest absolute Gasteiger partial charge is 0.275 e. The number of para-hydroxylation sites is 1. The van der Waals surface area contributed by atoms with E-state index >= 15 is 0 Å². The first-order valence-corrected chi connectivity index (χ1v) is 10.6. The van der Waals surface area contributed by atoms with Crippen molar-refractivity contribution in [1.82, 2.24) is 5.43 Å². The molecule has 0 aliphatic carbocycles. The SMILES string of the molecule is COc1ccccc1C(=O)N/N=C\c1cc2c(cc1C)N(C(C)C)C(C)(C)C[C@H]2C. The minimum atomic E-state index is -0.291. The Kier molecular flexibility index (Phi) is 6.20. The third kappa shape index (κ3) is 4.20. The molecule has 0 bridgehead atoms. The Morgan fingerprint density at radius 2 is 2.00 bits per heavy atom. The van der Waals surface area contributed by atoms with Gasteiger partial charge in [0.25, 0.3) is 5.91 Å². The minimum absolute atomic E-state index is 0.116. The molecule has 2 aromatic carbocycles. The number of hydrazone groups is 1. The predicted molar refractivity (Wildman–Crippen MR) is 124 cm³/mol. The predicted octanol–water partition coefficient (Wildman–Crippen LogP) is 5.27. The zero-order chi connectivity index (χ0) is 22.1. The summed E-state index contributed by atoms with van der Waals surface area (Å²) in [7, 11) is 1.55. The van der Waals surface area contributed by atoms with E-state index in [2.05, 4.69) is 69.1 Å². The Bertz CT molecular complexity index is 963. The molecule has 0 aromatic heterocycles. The van der Waals surface area contributed by atoms with Crippen LogP contribution in [0.15, 0.2) is 41.5 Å². The molecule has 0 radical (unpaired) electrons. The second-order valence-electron chi connectivity index (χ2n) is 9.05. The molecule has 1 aliphatic heterocycles. The Morgan fingerprint density at radius 1 is 1.30 bits per heavy atom. The molecule has 1 amide bonds. The maximum atomic E-state index is 12.5. The molecule has 3 rings (SSSR count). The van der Waals surface area contributed by atoms with Gasteiger partial charge in [-0.15, -0.1) is 0 Å². The molecule has 30 heavy (non-hydrogen) atoms. The largest absolute Gasteiger partial charge is 0.496 e. The lowest BCUT2D eigenvalue weighted by Crippen LogP contribution is -2.51. The number of amides is 1. The lowest BCUT2D eigenvalue weighted by atomic mass is 9.78. The van der Waals surface area contributed by atoms with Crippen LogP contribution in [-0.2, 0) is 0 Å². The summed E-state index contributed by atoms with van der Waals surface area (Å²) in [5.41, 5.74) is 8.00. The van der Waals surface area contributed by atoms with E-state index in [1.54, 1.807) is 31.5 Å². The molecule has 0 unspecified atom stereocenters. The van der Waals surface area contributed by atoms with Crippen molar-refractivity contribution in [2.24, 2.45) is 5.10 Å². The maximum absolute atomic E-state index is 12.5. The van der Waals surface area contributed by atoms with Gasteiger partial charge in [-0.2, -0.15) is 5.10 Å². The van der Waals surface area contributed by atoms with Crippen LogP contribution in [0.5, 0.6) is 5.75 Å². The third-order valence-electron chi connectivity index (χ3n) is 5.90. The number of hydrogen-bond donors (Lipinski definition) is 1. The zero-order valence-corrected chi connectivity index (χ0v) is 19.1. The van der Waals surface area contributed by atoms with Gasteiger partial charge in [0.2, 0.25) is 0 Å². The number of rotatable bonds is 5. The van der Waals surface area contributed by atoms with Gasteiger partial charge in [-0.1, -0.05) is 19.1 Å². The fourth-order valence-corrected chi connectivity index (χ4v) is 4.78. The molecule has 0 spiro atoms. The van der Waals surface area contributed by atoms with Crippen molar-refractivity contribution in [2.45, 2.75) is 65.5 Å². The number of nitrogens with zero attached hydrogens (tertiary/aromatic N) is 2. The summed E-state index contributed by atoms with van der Waals surface area (Å²) in [5, 5.41) is 4.22. The summed E-state index contributed by atoms with van der Waals surface area (Å²) in [6, 6.07) is 12.0. The molecule has 1 N–H and O–H groups in total. The first-order valence-electron chi connectivity index (χ1n) is 10.6. The summed E-state index contributed by atoms with van der Waals surface area (Å²) in [5.74, 6) is 0.696. The van der Waals surface area contributed by atoms with E-state index in [4.69, 9.17) is 4.74 Å². The van der Waals surface area contributed by atoms with Gasteiger partial charge in [-0.3, -0.25) is 4.79 Å². The molecule has 0 saturated carbocycles. The van der Waals surface area contributed by atoms with Gasteiger partial charge < -0.3 is 9.64 Å². The van der Waals surface area contributed by atoms with E-state index in [1.165, 1.54) is 11.3 Å². The summed E-state index contributed by atoms with van der Waals surface area (Å²) in [4.78, 5) is 15.0. The fourth-order valence-electron chi connectivity index (χ4n) is 4.78. The number of fused-ring (bicyclic) bond motifs is 1. The topological polar surface area (TPSA) is 53.9 Å². The quantitative estimate of drug-likeness (QED) is 0.543. The first kappa shape index (κ1) is 21.9. The standard InChI is InChI=1S/C25H33N3O2/c1-16(2)28-22-12-17(3)19(13-21(22)18(4)14-25(28,5)6)15-26-27-24(29)20-10-8-9-11-23(20)30-7/h8-13,15-16,18H,14H2,1-7H3,(H,27,29)/b26-15-/t18-/m1/s1. The Balaban J connectivity index is 1.86. The average molecular weight is 408 g/mol. The highest BCUT2D eigenvalue weighted by Gasteiger charge is 2.37. The molecule has 1 heterocycles. The van der Waals surface area contributed by atoms with Crippen molar-refractivity contribution < 1.29 is 9.53 Å². The van der Waals surface area contributed by atoms with Crippen LogP contribution in [0.25, 0.3) is 0 Å².